The molecule has 0 saturated heterocycles. The molecule has 0 aromatic heterocycles. The second-order valence-electron chi connectivity index (χ2n) is 10.9. The van der Waals surface area contributed by atoms with Gasteiger partial charge in [0.1, 0.15) is 0 Å². The molecule has 0 N–H and O–H groups in total. The molecule has 0 aliphatic heterocycles. The van der Waals surface area contributed by atoms with Crippen LogP contribution in [0.2, 0.25) is 0 Å². The molecule has 0 bridgehead atoms. The summed E-state index contributed by atoms with van der Waals surface area (Å²) in [5, 5.41) is 0. The average Bonchev–Trinajstić information content (AvgIpc) is 2.64. The van der Waals surface area contributed by atoms with Gasteiger partial charge in [0.05, 0.1) is 0 Å². The van der Waals surface area contributed by atoms with E-state index in [4.69, 9.17) is 14.0 Å². The van der Waals surface area contributed by atoms with Crippen LogP contribution in [0, 0.1) is 35.5 Å². The van der Waals surface area contributed by atoms with E-state index in [9.17, 15) is 0 Å². The summed E-state index contributed by atoms with van der Waals surface area (Å²) in [5.41, 5.74) is 0. The Hall–Kier alpha value is -0.0551. The fourth-order valence-electron chi connectivity index (χ4n) is 5.43. The van der Waals surface area contributed by atoms with Crippen molar-refractivity contribution in [3.05, 3.63) is 0 Å². The van der Waals surface area contributed by atoms with E-state index in [1.165, 1.54) is 19.3 Å². The summed E-state index contributed by atoms with van der Waals surface area (Å²) in [6.07, 6.45) is 11.5. The molecule has 4 heteroatoms. The third-order valence-corrected chi connectivity index (χ3v) is 8.56. The topological polar surface area (TPSA) is 27.7 Å². The van der Waals surface area contributed by atoms with Gasteiger partial charge in [-0.05, 0) is 93.3 Å². The lowest BCUT2D eigenvalue weighted by atomic mass is 9.79. The molecule has 3 rings (SSSR count). The fourth-order valence-corrected chi connectivity index (χ4v) is 5.43. The molecule has 3 aliphatic carbocycles. The Morgan fingerprint density at radius 3 is 0.964 bits per heavy atom. The van der Waals surface area contributed by atoms with Crippen LogP contribution in [0.25, 0.3) is 0 Å². The number of hydrogen-bond donors (Lipinski definition) is 0. The summed E-state index contributed by atoms with van der Waals surface area (Å²) in [7, 11) is -0.471. The maximum absolute atomic E-state index is 6.50. The first-order valence-electron chi connectivity index (χ1n) is 12.3. The molecular formula is C24H45BO3. The Kier molecular flexibility index (Phi) is 8.33. The quantitative estimate of drug-likeness (QED) is 0.483. The summed E-state index contributed by atoms with van der Waals surface area (Å²) in [4.78, 5) is 0. The van der Waals surface area contributed by atoms with Gasteiger partial charge in [-0.25, -0.2) is 0 Å². The molecule has 3 aliphatic rings. The van der Waals surface area contributed by atoms with Gasteiger partial charge in [0.15, 0.2) is 0 Å². The second-order valence-corrected chi connectivity index (χ2v) is 10.9. The summed E-state index contributed by atoms with van der Waals surface area (Å²) in [6, 6.07) is 0. The maximum Gasteiger partial charge on any atom is 0.640 e. The van der Waals surface area contributed by atoms with Crippen LogP contribution in [0.1, 0.15) is 99.3 Å². The molecule has 3 saturated carbocycles. The zero-order chi connectivity index (χ0) is 20.3. The van der Waals surface area contributed by atoms with Crippen molar-refractivity contribution in [2.45, 2.75) is 118 Å². The van der Waals surface area contributed by atoms with E-state index in [0.29, 0.717) is 0 Å². The second kappa shape index (κ2) is 10.3. The van der Waals surface area contributed by atoms with Crippen molar-refractivity contribution >= 4 is 7.32 Å². The van der Waals surface area contributed by atoms with Crippen LogP contribution >= 0.6 is 0 Å². The van der Waals surface area contributed by atoms with Crippen molar-refractivity contribution in [3.8, 4) is 0 Å². The lowest BCUT2D eigenvalue weighted by Crippen LogP contribution is -2.43. The molecular weight excluding hydrogens is 347 g/mol. The highest BCUT2D eigenvalue weighted by Gasteiger charge is 2.38. The van der Waals surface area contributed by atoms with Gasteiger partial charge in [-0.3, -0.25) is 0 Å². The lowest BCUT2D eigenvalue weighted by molar-refractivity contribution is -0.0375. The van der Waals surface area contributed by atoms with Gasteiger partial charge < -0.3 is 14.0 Å². The summed E-state index contributed by atoms with van der Waals surface area (Å²) in [5.74, 6) is 4.60. The van der Waals surface area contributed by atoms with Crippen molar-refractivity contribution in [2.75, 3.05) is 0 Å². The van der Waals surface area contributed by atoms with Crippen molar-refractivity contribution in [3.63, 3.8) is 0 Å². The first kappa shape index (κ1) is 22.6. The largest absolute Gasteiger partial charge is 0.640 e. The molecule has 0 aromatic rings. The van der Waals surface area contributed by atoms with E-state index < -0.39 is 7.32 Å². The van der Waals surface area contributed by atoms with Crippen molar-refractivity contribution in [1.82, 2.24) is 0 Å². The van der Waals surface area contributed by atoms with Gasteiger partial charge in [-0.2, -0.15) is 0 Å². The molecule has 3 fully saturated rings. The SMILES string of the molecule is CC1CCC(OB(OC2CCC(C)C(C)C2)OC2CCC(C)C(C)C2)CC1C. The van der Waals surface area contributed by atoms with Crippen molar-refractivity contribution in [2.24, 2.45) is 35.5 Å². The van der Waals surface area contributed by atoms with Crippen LogP contribution in [-0.2, 0) is 14.0 Å². The highest BCUT2D eigenvalue weighted by atomic mass is 16.7. The smallest absolute Gasteiger partial charge is 0.383 e. The third kappa shape index (κ3) is 6.22. The van der Waals surface area contributed by atoms with Crippen molar-refractivity contribution in [1.29, 1.82) is 0 Å². The third-order valence-electron chi connectivity index (χ3n) is 8.56. The Morgan fingerprint density at radius 1 is 0.429 bits per heavy atom. The molecule has 9 atom stereocenters. The lowest BCUT2D eigenvalue weighted by Gasteiger charge is -2.38. The van der Waals surface area contributed by atoms with Crippen LogP contribution < -0.4 is 0 Å². The minimum Gasteiger partial charge on any atom is -0.383 e. The van der Waals surface area contributed by atoms with E-state index in [1.54, 1.807) is 0 Å². The summed E-state index contributed by atoms with van der Waals surface area (Å²) >= 11 is 0. The van der Waals surface area contributed by atoms with Gasteiger partial charge in [-0.15, -0.1) is 0 Å². The van der Waals surface area contributed by atoms with Gasteiger partial charge in [0.2, 0.25) is 0 Å². The Bertz CT molecular complexity index is 406. The molecule has 0 aromatic carbocycles. The Balaban J connectivity index is 1.58. The molecule has 28 heavy (non-hydrogen) atoms. The maximum atomic E-state index is 6.50. The van der Waals surface area contributed by atoms with E-state index in [-0.39, 0.29) is 18.3 Å². The first-order valence-corrected chi connectivity index (χ1v) is 12.3. The molecule has 0 radical (unpaired) electrons. The zero-order valence-corrected chi connectivity index (χ0v) is 19.4. The summed E-state index contributed by atoms with van der Waals surface area (Å²) in [6.45, 7) is 14.2. The van der Waals surface area contributed by atoms with E-state index in [1.807, 2.05) is 0 Å². The first-order chi connectivity index (χ1) is 13.3. The predicted molar refractivity (Wildman–Crippen MR) is 117 cm³/mol. The van der Waals surface area contributed by atoms with E-state index in [2.05, 4.69) is 41.5 Å². The molecule has 9 unspecified atom stereocenters. The van der Waals surface area contributed by atoms with E-state index in [0.717, 1.165) is 74.0 Å². The van der Waals surface area contributed by atoms with Gasteiger partial charge in [0, 0.05) is 18.3 Å². The van der Waals surface area contributed by atoms with Crippen LogP contribution in [0.15, 0.2) is 0 Å². The highest BCUT2D eigenvalue weighted by Crippen LogP contribution is 2.35. The van der Waals surface area contributed by atoms with Crippen LogP contribution in [0.3, 0.4) is 0 Å². The molecule has 162 valence electrons. The molecule has 0 spiro atoms. The minimum atomic E-state index is -0.471. The highest BCUT2D eigenvalue weighted by molar-refractivity contribution is 6.36. The Labute approximate surface area is 174 Å². The standard InChI is InChI=1S/C24H45BO3/c1-16-7-10-22(13-19(16)4)26-25(27-23-11-8-17(2)20(5)14-23)28-24-12-9-18(3)21(6)15-24/h16-24H,7-15H2,1-6H3. The number of rotatable bonds is 6. The van der Waals surface area contributed by atoms with Gasteiger partial charge in [-0.1, -0.05) is 41.5 Å². The normalized spacial score (nSPS) is 45.0. The monoisotopic (exact) mass is 392 g/mol. The molecule has 0 heterocycles. The molecule has 0 amide bonds. The fraction of sp³-hybridized carbons (Fsp3) is 1.00. The summed E-state index contributed by atoms with van der Waals surface area (Å²) < 4.78 is 19.5. The van der Waals surface area contributed by atoms with Crippen LogP contribution in [0.4, 0.5) is 0 Å². The van der Waals surface area contributed by atoms with Gasteiger partial charge >= 0.3 is 7.32 Å². The minimum absolute atomic E-state index is 0.288. The Morgan fingerprint density at radius 2 is 0.714 bits per heavy atom. The van der Waals surface area contributed by atoms with E-state index >= 15 is 0 Å². The molecule has 3 nitrogen and oxygen atoms in total. The van der Waals surface area contributed by atoms with Crippen LogP contribution in [-0.4, -0.2) is 25.6 Å². The zero-order valence-electron chi connectivity index (χ0n) is 19.4. The van der Waals surface area contributed by atoms with Crippen LogP contribution in [0.5, 0.6) is 0 Å². The predicted octanol–water partition coefficient (Wildman–Crippen LogP) is 6.50. The van der Waals surface area contributed by atoms with Gasteiger partial charge in [0.25, 0.3) is 0 Å². The van der Waals surface area contributed by atoms with Crippen molar-refractivity contribution < 1.29 is 14.0 Å². The number of hydrogen-bond acceptors (Lipinski definition) is 3. The average molecular weight is 392 g/mol.